The van der Waals surface area contributed by atoms with Crippen molar-refractivity contribution in [3.63, 3.8) is 0 Å². The molecule has 0 radical (unpaired) electrons. The van der Waals surface area contributed by atoms with E-state index in [4.69, 9.17) is 4.98 Å². The van der Waals surface area contributed by atoms with E-state index >= 15 is 0 Å². The van der Waals surface area contributed by atoms with Crippen molar-refractivity contribution in [2.45, 2.75) is 33.6 Å². The largest absolute Gasteiger partial charge is 0.353 e. The molecular formula is C23H30N6O2. The first-order chi connectivity index (χ1) is 14.8. The molecule has 1 aromatic carbocycles. The van der Waals surface area contributed by atoms with E-state index < -0.39 is 0 Å². The van der Waals surface area contributed by atoms with Crippen molar-refractivity contribution in [1.82, 2.24) is 20.2 Å². The minimum atomic E-state index is -0.0844. The van der Waals surface area contributed by atoms with E-state index in [2.05, 4.69) is 29.0 Å². The zero-order chi connectivity index (χ0) is 22.1. The lowest BCUT2D eigenvalue weighted by Crippen LogP contribution is -2.49. The lowest BCUT2D eigenvalue weighted by atomic mass is 10.1. The van der Waals surface area contributed by atoms with Crippen LogP contribution in [0, 0.1) is 13.8 Å². The molecule has 0 atom stereocenters. The van der Waals surface area contributed by atoms with Gasteiger partial charge >= 0.3 is 6.03 Å². The normalized spacial score (nSPS) is 16.8. The number of hydrogen-bond acceptors (Lipinski definition) is 5. The first kappa shape index (κ1) is 21.1. The molecule has 4 rings (SSSR count). The molecule has 0 bridgehead atoms. The van der Waals surface area contributed by atoms with Gasteiger partial charge < -0.3 is 15.1 Å². The van der Waals surface area contributed by atoms with E-state index in [0.717, 1.165) is 41.7 Å². The average molecular weight is 423 g/mol. The monoisotopic (exact) mass is 422 g/mol. The van der Waals surface area contributed by atoms with Crippen molar-refractivity contribution in [3.05, 3.63) is 46.9 Å². The second-order valence-corrected chi connectivity index (χ2v) is 8.54. The second-order valence-electron chi connectivity index (χ2n) is 8.54. The molecule has 2 fully saturated rings. The van der Waals surface area contributed by atoms with Gasteiger partial charge in [0.1, 0.15) is 11.6 Å². The topological polar surface area (TPSA) is 81.7 Å². The average Bonchev–Trinajstić information content (AvgIpc) is 3.18. The summed E-state index contributed by atoms with van der Waals surface area (Å²) in [6.45, 7) is 12.2. The van der Waals surface area contributed by atoms with Crippen LogP contribution in [0.1, 0.15) is 47.2 Å². The molecule has 2 aliphatic rings. The number of carbonyl (C=O) groups excluding carboxylic acids is 2. The minimum absolute atomic E-state index is 0.0295. The summed E-state index contributed by atoms with van der Waals surface area (Å²) >= 11 is 0. The molecule has 0 unspecified atom stereocenters. The summed E-state index contributed by atoms with van der Waals surface area (Å²) in [7, 11) is 0. The Balaban J connectivity index is 1.43. The maximum atomic E-state index is 13.1. The third-order valence-electron chi connectivity index (χ3n) is 5.86. The van der Waals surface area contributed by atoms with Crippen LogP contribution in [0.2, 0.25) is 0 Å². The van der Waals surface area contributed by atoms with E-state index in [1.165, 1.54) is 0 Å². The molecule has 0 saturated carbocycles. The van der Waals surface area contributed by atoms with Crippen LogP contribution in [0.5, 0.6) is 0 Å². The number of amides is 3. The molecule has 2 aliphatic heterocycles. The number of hydrogen-bond donors (Lipinski definition) is 1. The van der Waals surface area contributed by atoms with Gasteiger partial charge in [-0.1, -0.05) is 13.8 Å². The van der Waals surface area contributed by atoms with Crippen molar-refractivity contribution in [1.29, 1.82) is 0 Å². The number of benzene rings is 1. The Kier molecular flexibility index (Phi) is 5.80. The molecule has 2 aromatic rings. The van der Waals surface area contributed by atoms with Crippen LogP contribution in [0.25, 0.3) is 0 Å². The molecule has 0 spiro atoms. The molecular weight excluding hydrogens is 392 g/mol. The SMILES string of the molecule is Cc1cc(N2CCN(C(=O)c3ccc(N4CCNC4=O)c(C)c3)CC2)nc(C(C)C)n1. The summed E-state index contributed by atoms with van der Waals surface area (Å²) < 4.78 is 0. The van der Waals surface area contributed by atoms with Gasteiger partial charge in [0.15, 0.2) is 0 Å². The summed E-state index contributed by atoms with van der Waals surface area (Å²) in [6, 6.07) is 7.52. The number of rotatable bonds is 4. The van der Waals surface area contributed by atoms with Crippen molar-refractivity contribution in [2.75, 3.05) is 49.1 Å². The number of aryl methyl sites for hydroxylation is 2. The summed E-state index contributed by atoms with van der Waals surface area (Å²) in [5.74, 6) is 2.10. The van der Waals surface area contributed by atoms with Gasteiger partial charge in [-0.15, -0.1) is 0 Å². The number of aromatic nitrogens is 2. The highest BCUT2D eigenvalue weighted by atomic mass is 16.2. The first-order valence-corrected chi connectivity index (χ1v) is 10.9. The van der Waals surface area contributed by atoms with Gasteiger partial charge in [0, 0.05) is 68.2 Å². The fourth-order valence-corrected chi connectivity index (χ4v) is 4.11. The minimum Gasteiger partial charge on any atom is -0.353 e. The van der Waals surface area contributed by atoms with Crippen LogP contribution in [-0.4, -0.2) is 66.1 Å². The fraction of sp³-hybridized carbons (Fsp3) is 0.478. The number of piperazine rings is 1. The van der Waals surface area contributed by atoms with Gasteiger partial charge in [0.2, 0.25) is 0 Å². The Hall–Kier alpha value is -3.16. The van der Waals surface area contributed by atoms with Crippen LogP contribution in [0.4, 0.5) is 16.3 Å². The van der Waals surface area contributed by atoms with Crippen LogP contribution < -0.4 is 15.1 Å². The van der Waals surface area contributed by atoms with Crippen LogP contribution >= 0.6 is 0 Å². The van der Waals surface area contributed by atoms with Crippen molar-refractivity contribution < 1.29 is 9.59 Å². The summed E-state index contributed by atoms with van der Waals surface area (Å²) in [5.41, 5.74) is 3.42. The summed E-state index contributed by atoms with van der Waals surface area (Å²) in [4.78, 5) is 40.1. The third-order valence-corrected chi connectivity index (χ3v) is 5.86. The number of carbonyl (C=O) groups is 2. The van der Waals surface area contributed by atoms with Gasteiger partial charge in [-0.05, 0) is 37.6 Å². The standard InChI is InChI=1S/C23H30N6O2/c1-15(2)21-25-17(4)14-20(26-21)27-9-11-28(12-10-27)22(30)18-5-6-19(16(3)13-18)29-8-7-24-23(29)31/h5-6,13-15H,7-12H2,1-4H3,(H,24,31). The summed E-state index contributed by atoms with van der Waals surface area (Å²) in [6.07, 6.45) is 0. The van der Waals surface area contributed by atoms with E-state index in [1.54, 1.807) is 4.90 Å². The second kappa shape index (κ2) is 8.53. The Labute approximate surface area is 183 Å². The lowest BCUT2D eigenvalue weighted by Gasteiger charge is -2.35. The molecule has 0 aliphatic carbocycles. The molecule has 1 N–H and O–H groups in total. The molecule has 31 heavy (non-hydrogen) atoms. The van der Waals surface area contributed by atoms with Crippen molar-refractivity contribution >= 4 is 23.4 Å². The number of nitrogens with zero attached hydrogens (tertiary/aromatic N) is 5. The van der Waals surface area contributed by atoms with E-state index in [-0.39, 0.29) is 17.9 Å². The Morgan fingerprint density at radius 1 is 1.03 bits per heavy atom. The third kappa shape index (κ3) is 4.33. The van der Waals surface area contributed by atoms with E-state index in [9.17, 15) is 9.59 Å². The molecule has 3 heterocycles. The Morgan fingerprint density at radius 3 is 2.39 bits per heavy atom. The van der Waals surface area contributed by atoms with Crippen molar-refractivity contribution in [2.24, 2.45) is 0 Å². The van der Waals surface area contributed by atoms with Crippen molar-refractivity contribution in [3.8, 4) is 0 Å². The zero-order valence-electron chi connectivity index (χ0n) is 18.7. The smallest absolute Gasteiger partial charge is 0.322 e. The van der Waals surface area contributed by atoms with Gasteiger partial charge in [-0.3, -0.25) is 9.69 Å². The van der Waals surface area contributed by atoms with Gasteiger partial charge in [0.25, 0.3) is 5.91 Å². The fourth-order valence-electron chi connectivity index (χ4n) is 4.11. The molecule has 3 amide bonds. The highest BCUT2D eigenvalue weighted by Gasteiger charge is 2.26. The maximum absolute atomic E-state index is 13.1. The summed E-state index contributed by atoms with van der Waals surface area (Å²) in [5, 5.41) is 2.81. The number of nitrogens with one attached hydrogen (secondary N) is 1. The Morgan fingerprint density at radius 2 is 1.77 bits per heavy atom. The highest BCUT2D eigenvalue weighted by Crippen LogP contribution is 2.24. The quantitative estimate of drug-likeness (QED) is 0.819. The molecule has 164 valence electrons. The lowest BCUT2D eigenvalue weighted by molar-refractivity contribution is 0.0746. The van der Waals surface area contributed by atoms with Gasteiger partial charge in [0.05, 0.1) is 0 Å². The molecule has 8 heteroatoms. The molecule has 1 aromatic heterocycles. The van der Waals surface area contributed by atoms with Crippen LogP contribution in [-0.2, 0) is 0 Å². The number of urea groups is 1. The van der Waals surface area contributed by atoms with E-state index in [1.807, 2.05) is 43.0 Å². The van der Waals surface area contributed by atoms with Crippen LogP contribution in [0.3, 0.4) is 0 Å². The predicted octanol–water partition coefficient (Wildman–Crippen LogP) is 2.71. The van der Waals surface area contributed by atoms with Gasteiger partial charge in [-0.25, -0.2) is 14.8 Å². The Bertz CT molecular complexity index is 998. The highest BCUT2D eigenvalue weighted by molar-refractivity contribution is 5.98. The van der Waals surface area contributed by atoms with Gasteiger partial charge in [-0.2, -0.15) is 0 Å². The maximum Gasteiger partial charge on any atom is 0.322 e. The first-order valence-electron chi connectivity index (χ1n) is 10.9. The molecule has 8 nitrogen and oxygen atoms in total. The molecule has 2 saturated heterocycles. The zero-order valence-corrected chi connectivity index (χ0v) is 18.7. The predicted molar refractivity (Wildman–Crippen MR) is 121 cm³/mol. The number of anilines is 2. The van der Waals surface area contributed by atoms with E-state index in [0.29, 0.717) is 31.7 Å². The van der Waals surface area contributed by atoms with Crippen LogP contribution in [0.15, 0.2) is 24.3 Å².